The van der Waals surface area contributed by atoms with Gasteiger partial charge in [0.05, 0.1) is 26.0 Å². The van der Waals surface area contributed by atoms with Crippen molar-refractivity contribution < 1.29 is 18.7 Å². The predicted octanol–water partition coefficient (Wildman–Crippen LogP) is 2.74. The number of benzene rings is 1. The molecule has 0 aliphatic heterocycles. The third-order valence-corrected chi connectivity index (χ3v) is 3.30. The van der Waals surface area contributed by atoms with E-state index in [1.807, 2.05) is 0 Å². The maximum Gasteiger partial charge on any atom is 0.349 e. The molecule has 0 spiro atoms. The Bertz CT molecular complexity index is 582. The predicted molar refractivity (Wildman–Crippen MR) is 65.4 cm³/mol. The lowest BCUT2D eigenvalue weighted by molar-refractivity contribution is 0.0606. The van der Waals surface area contributed by atoms with Crippen molar-refractivity contribution >= 4 is 17.3 Å². The Kier molecular flexibility index (Phi) is 3.57. The Morgan fingerprint density at radius 1 is 1.39 bits per heavy atom. The molecule has 4 nitrogen and oxygen atoms in total. The molecule has 94 valence electrons. The van der Waals surface area contributed by atoms with Gasteiger partial charge in [0.1, 0.15) is 21.5 Å². The van der Waals surface area contributed by atoms with Crippen LogP contribution in [0.5, 0.6) is 5.75 Å². The minimum Gasteiger partial charge on any atom is -0.496 e. The van der Waals surface area contributed by atoms with Crippen LogP contribution < -0.4 is 4.74 Å². The van der Waals surface area contributed by atoms with Gasteiger partial charge in [-0.15, -0.1) is 11.3 Å². The Hall–Kier alpha value is -1.95. The number of methoxy groups -OCH3 is 2. The number of esters is 1. The molecule has 6 heteroatoms. The fourth-order valence-corrected chi connectivity index (χ4v) is 2.35. The van der Waals surface area contributed by atoms with E-state index in [2.05, 4.69) is 9.72 Å². The number of thiazole rings is 1. The Morgan fingerprint density at radius 3 is 2.83 bits per heavy atom. The van der Waals surface area contributed by atoms with Crippen molar-refractivity contribution in [2.75, 3.05) is 14.2 Å². The van der Waals surface area contributed by atoms with Gasteiger partial charge in [-0.3, -0.25) is 0 Å². The highest BCUT2D eigenvalue weighted by Crippen LogP contribution is 2.35. The van der Waals surface area contributed by atoms with E-state index < -0.39 is 11.8 Å². The van der Waals surface area contributed by atoms with E-state index >= 15 is 0 Å². The van der Waals surface area contributed by atoms with Gasteiger partial charge in [-0.1, -0.05) is 6.07 Å². The van der Waals surface area contributed by atoms with Crippen molar-refractivity contribution in [1.29, 1.82) is 0 Å². The van der Waals surface area contributed by atoms with Crippen LogP contribution >= 0.6 is 11.3 Å². The first-order valence-corrected chi connectivity index (χ1v) is 5.86. The average Bonchev–Trinajstić information content (AvgIpc) is 2.86. The second-order valence-electron chi connectivity index (χ2n) is 3.34. The van der Waals surface area contributed by atoms with Crippen LogP contribution in [0.2, 0.25) is 0 Å². The highest BCUT2D eigenvalue weighted by molar-refractivity contribution is 7.16. The molecule has 0 bridgehead atoms. The number of carbonyl (C=O) groups excluding carboxylic acids is 1. The van der Waals surface area contributed by atoms with Crippen molar-refractivity contribution in [1.82, 2.24) is 4.98 Å². The minimum absolute atomic E-state index is 0.250. The van der Waals surface area contributed by atoms with Crippen LogP contribution in [0.3, 0.4) is 0 Å². The summed E-state index contributed by atoms with van der Waals surface area (Å²) in [4.78, 5) is 15.7. The van der Waals surface area contributed by atoms with Crippen molar-refractivity contribution in [2.24, 2.45) is 0 Å². The number of rotatable bonds is 3. The van der Waals surface area contributed by atoms with E-state index in [0.29, 0.717) is 15.6 Å². The molecule has 1 aromatic carbocycles. The Morgan fingerprint density at radius 2 is 2.17 bits per heavy atom. The van der Waals surface area contributed by atoms with Crippen LogP contribution in [-0.4, -0.2) is 25.2 Å². The SMILES string of the molecule is COC(=O)c1cnc(-c2c(F)cccc2OC)s1. The zero-order valence-corrected chi connectivity index (χ0v) is 10.6. The van der Waals surface area contributed by atoms with Gasteiger partial charge in [-0.25, -0.2) is 14.2 Å². The number of carbonyl (C=O) groups is 1. The number of aromatic nitrogens is 1. The summed E-state index contributed by atoms with van der Waals surface area (Å²) < 4.78 is 23.5. The lowest BCUT2D eigenvalue weighted by Crippen LogP contribution is -1.96. The van der Waals surface area contributed by atoms with Gasteiger partial charge in [-0.05, 0) is 12.1 Å². The van der Waals surface area contributed by atoms with Crippen LogP contribution in [-0.2, 0) is 4.74 Å². The smallest absolute Gasteiger partial charge is 0.349 e. The van der Waals surface area contributed by atoms with Gasteiger partial charge >= 0.3 is 5.97 Å². The van der Waals surface area contributed by atoms with Gasteiger partial charge in [0, 0.05) is 0 Å². The third kappa shape index (κ3) is 2.19. The summed E-state index contributed by atoms with van der Waals surface area (Å²) >= 11 is 1.06. The average molecular weight is 267 g/mol. The van der Waals surface area contributed by atoms with Gasteiger partial charge in [0.25, 0.3) is 0 Å². The molecule has 0 aliphatic carbocycles. The molecule has 0 radical (unpaired) electrons. The molecule has 0 N–H and O–H groups in total. The maximum atomic E-state index is 13.8. The highest BCUT2D eigenvalue weighted by Gasteiger charge is 2.17. The second-order valence-corrected chi connectivity index (χ2v) is 4.37. The number of hydrogen-bond donors (Lipinski definition) is 0. The van der Waals surface area contributed by atoms with Gasteiger partial charge in [0.15, 0.2) is 0 Å². The van der Waals surface area contributed by atoms with Crippen LogP contribution in [0.15, 0.2) is 24.4 Å². The molecule has 2 rings (SSSR count). The summed E-state index contributed by atoms with van der Waals surface area (Å²) in [5, 5.41) is 0.380. The summed E-state index contributed by atoms with van der Waals surface area (Å²) in [5.41, 5.74) is 0.250. The molecule has 0 saturated carbocycles. The van der Waals surface area contributed by atoms with Crippen LogP contribution in [0.4, 0.5) is 4.39 Å². The second kappa shape index (κ2) is 5.14. The molecule has 2 aromatic rings. The largest absolute Gasteiger partial charge is 0.496 e. The molecular weight excluding hydrogens is 257 g/mol. The number of ether oxygens (including phenoxy) is 2. The summed E-state index contributed by atoms with van der Waals surface area (Å²) in [7, 11) is 2.73. The fourth-order valence-electron chi connectivity index (χ4n) is 1.47. The molecule has 0 amide bonds. The first kappa shape index (κ1) is 12.5. The van der Waals surface area contributed by atoms with Gasteiger partial charge in [0.2, 0.25) is 0 Å². The van der Waals surface area contributed by atoms with Crippen molar-refractivity contribution in [2.45, 2.75) is 0 Å². The number of nitrogens with zero attached hydrogens (tertiary/aromatic N) is 1. The van der Waals surface area contributed by atoms with E-state index in [1.54, 1.807) is 12.1 Å². The van der Waals surface area contributed by atoms with Crippen molar-refractivity contribution in [3.8, 4) is 16.3 Å². The van der Waals surface area contributed by atoms with Crippen LogP contribution in [0.25, 0.3) is 10.6 Å². The fraction of sp³-hybridized carbons (Fsp3) is 0.167. The normalized spacial score (nSPS) is 10.2. The van der Waals surface area contributed by atoms with E-state index in [0.717, 1.165) is 11.3 Å². The standard InChI is InChI=1S/C12H10FNO3S/c1-16-8-5-3-4-7(13)10(8)11-14-6-9(18-11)12(15)17-2/h3-6H,1-2H3. The highest BCUT2D eigenvalue weighted by atomic mass is 32.1. The molecule has 0 aliphatic rings. The zero-order valence-electron chi connectivity index (χ0n) is 9.77. The summed E-state index contributed by atoms with van der Waals surface area (Å²) in [6.07, 6.45) is 1.36. The molecule has 1 heterocycles. The minimum atomic E-state index is -0.492. The van der Waals surface area contributed by atoms with Gasteiger partial charge < -0.3 is 9.47 Å². The van der Waals surface area contributed by atoms with E-state index in [9.17, 15) is 9.18 Å². The number of hydrogen-bond acceptors (Lipinski definition) is 5. The lowest BCUT2D eigenvalue weighted by Gasteiger charge is -2.06. The Labute approximate surface area is 107 Å². The lowest BCUT2D eigenvalue weighted by atomic mass is 10.2. The third-order valence-electron chi connectivity index (χ3n) is 2.30. The van der Waals surface area contributed by atoms with Crippen molar-refractivity contribution in [3.05, 3.63) is 35.1 Å². The number of halogens is 1. The molecule has 18 heavy (non-hydrogen) atoms. The molecule has 0 atom stereocenters. The molecule has 0 saturated heterocycles. The molecule has 0 fully saturated rings. The zero-order chi connectivity index (χ0) is 13.1. The maximum absolute atomic E-state index is 13.8. The summed E-state index contributed by atoms with van der Waals surface area (Å²) in [5.74, 6) is -0.560. The Balaban J connectivity index is 2.49. The van der Waals surface area contributed by atoms with Crippen LogP contribution in [0.1, 0.15) is 9.67 Å². The molecule has 1 aromatic heterocycles. The summed E-state index contributed by atoms with van der Waals surface area (Å²) in [6.45, 7) is 0. The van der Waals surface area contributed by atoms with E-state index in [-0.39, 0.29) is 5.56 Å². The summed E-state index contributed by atoms with van der Waals surface area (Å²) in [6, 6.07) is 4.50. The molecular formula is C12H10FNO3S. The monoisotopic (exact) mass is 267 g/mol. The quantitative estimate of drug-likeness (QED) is 0.802. The van der Waals surface area contributed by atoms with Crippen molar-refractivity contribution in [3.63, 3.8) is 0 Å². The molecule has 0 unspecified atom stereocenters. The first-order valence-electron chi connectivity index (χ1n) is 5.04. The first-order chi connectivity index (χ1) is 8.67. The van der Waals surface area contributed by atoms with Gasteiger partial charge in [-0.2, -0.15) is 0 Å². The topological polar surface area (TPSA) is 48.4 Å². The van der Waals surface area contributed by atoms with E-state index in [1.165, 1.54) is 26.5 Å². The van der Waals surface area contributed by atoms with Crippen LogP contribution in [0, 0.1) is 5.82 Å². The van der Waals surface area contributed by atoms with E-state index in [4.69, 9.17) is 4.74 Å².